The zero-order valence-electron chi connectivity index (χ0n) is 13.7. The van der Waals surface area contributed by atoms with Gasteiger partial charge in [0.25, 0.3) is 0 Å². The largest absolute Gasteiger partial charge is 0.497 e. The molecule has 0 atom stereocenters. The third-order valence-electron chi connectivity index (χ3n) is 4.04. The van der Waals surface area contributed by atoms with E-state index < -0.39 is 0 Å². The predicted octanol–water partition coefficient (Wildman–Crippen LogP) is 3.32. The lowest BCUT2D eigenvalue weighted by atomic mass is 10.1. The normalized spacial score (nSPS) is 15.6. The minimum atomic E-state index is 0.781. The number of benzene rings is 1. The van der Waals surface area contributed by atoms with Crippen molar-refractivity contribution in [1.82, 2.24) is 15.4 Å². The molecule has 1 aromatic carbocycles. The van der Waals surface area contributed by atoms with Crippen molar-refractivity contribution in [2.24, 2.45) is 0 Å². The first-order chi connectivity index (χ1) is 11.3. The Hall–Kier alpha value is -1.63. The van der Waals surface area contributed by atoms with Crippen LogP contribution in [0.15, 0.2) is 24.4 Å². The summed E-state index contributed by atoms with van der Waals surface area (Å²) in [7, 11) is 3.34. The molecular formula is C17H23N3O2S. The number of hydrazine groups is 1. The van der Waals surface area contributed by atoms with Gasteiger partial charge in [0, 0.05) is 30.9 Å². The van der Waals surface area contributed by atoms with Crippen molar-refractivity contribution in [2.45, 2.75) is 25.8 Å². The van der Waals surface area contributed by atoms with Crippen LogP contribution in [-0.2, 0) is 6.54 Å². The first-order valence-corrected chi connectivity index (χ1v) is 8.77. The molecule has 1 aromatic heterocycles. The SMILES string of the molecule is COc1ccc(-c2cnc(CNN3CCCCC3)s2)c(OC)c1. The first-order valence-electron chi connectivity index (χ1n) is 7.95. The Kier molecular flexibility index (Phi) is 5.48. The van der Waals surface area contributed by atoms with Gasteiger partial charge in [0.15, 0.2) is 0 Å². The van der Waals surface area contributed by atoms with E-state index in [2.05, 4.69) is 15.4 Å². The summed E-state index contributed by atoms with van der Waals surface area (Å²) in [6.45, 7) is 3.04. The maximum Gasteiger partial charge on any atom is 0.131 e. The lowest BCUT2D eigenvalue weighted by Crippen LogP contribution is -2.41. The molecular weight excluding hydrogens is 310 g/mol. The minimum absolute atomic E-state index is 0.781. The summed E-state index contributed by atoms with van der Waals surface area (Å²) in [5.74, 6) is 1.60. The van der Waals surface area contributed by atoms with E-state index in [9.17, 15) is 0 Å². The van der Waals surface area contributed by atoms with E-state index in [1.807, 2.05) is 24.4 Å². The van der Waals surface area contributed by atoms with Crippen molar-refractivity contribution in [3.05, 3.63) is 29.4 Å². The van der Waals surface area contributed by atoms with E-state index in [0.29, 0.717) is 0 Å². The van der Waals surface area contributed by atoms with E-state index in [1.165, 1.54) is 19.3 Å². The molecule has 0 saturated carbocycles. The van der Waals surface area contributed by atoms with E-state index in [0.717, 1.165) is 46.6 Å². The number of thiazole rings is 1. The maximum absolute atomic E-state index is 5.48. The van der Waals surface area contributed by atoms with E-state index in [-0.39, 0.29) is 0 Å². The van der Waals surface area contributed by atoms with Crippen LogP contribution in [0.5, 0.6) is 11.5 Å². The lowest BCUT2D eigenvalue weighted by Gasteiger charge is -2.26. The van der Waals surface area contributed by atoms with Crippen molar-refractivity contribution in [3.8, 4) is 21.9 Å². The summed E-state index contributed by atoms with van der Waals surface area (Å²) < 4.78 is 10.7. The molecule has 0 radical (unpaired) electrons. The monoisotopic (exact) mass is 333 g/mol. The van der Waals surface area contributed by atoms with Gasteiger partial charge in [-0.2, -0.15) is 0 Å². The molecule has 2 heterocycles. The molecule has 1 N–H and O–H groups in total. The molecule has 2 aromatic rings. The molecule has 1 aliphatic heterocycles. The number of nitrogens with zero attached hydrogens (tertiary/aromatic N) is 2. The van der Waals surface area contributed by atoms with Crippen molar-refractivity contribution < 1.29 is 9.47 Å². The average Bonchev–Trinajstić information content (AvgIpc) is 3.09. The Bertz CT molecular complexity index is 639. The highest BCUT2D eigenvalue weighted by Gasteiger charge is 2.13. The average molecular weight is 333 g/mol. The van der Waals surface area contributed by atoms with Crippen LogP contribution >= 0.6 is 11.3 Å². The number of hydrogen-bond acceptors (Lipinski definition) is 6. The van der Waals surface area contributed by atoms with Gasteiger partial charge in [0.05, 0.1) is 25.6 Å². The first kappa shape index (κ1) is 16.2. The van der Waals surface area contributed by atoms with Crippen LogP contribution in [0, 0.1) is 0 Å². The van der Waals surface area contributed by atoms with E-state index in [1.54, 1.807) is 25.6 Å². The summed E-state index contributed by atoms with van der Waals surface area (Å²) in [4.78, 5) is 5.65. The minimum Gasteiger partial charge on any atom is -0.497 e. The molecule has 0 aliphatic carbocycles. The fraction of sp³-hybridized carbons (Fsp3) is 0.471. The van der Waals surface area contributed by atoms with Gasteiger partial charge in [-0.3, -0.25) is 0 Å². The summed E-state index contributed by atoms with van der Waals surface area (Å²) in [6, 6.07) is 5.87. The van der Waals surface area contributed by atoms with Crippen molar-refractivity contribution >= 4 is 11.3 Å². The number of hydrogen-bond donors (Lipinski definition) is 1. The van der Waals surface area contributed by atoms with Crippen molar-refractivity contribution in [2.75, 3.05) is 27.3 Å². The maximum atomic E-state index is 5.48. The molecule has 1 saturated heterocycles. The molecule has 124 valence electrons. The van der Waals surface area contributed by atoms with Gasteiger partial charge in [0.1, 0.15) is 16.5 Å². The molecule has 6 heteroatoms. The Balaban J connectivity index is 1.68. The Morgan fingerprint density at radius 1 is 1.17 bits per heavy atom. The lowest BCUT2D eigenvalue weighted by molar-refractivity contribution is 0.151. The van der Waals surface area contributed by atoms with Crippen LogP contribution in [0.3, 0.4) is 0 Å². The third kappa shape index (κ3) is 4.02. The van der Waals surface area contributed by atoms with Gasteiger partial charge in [-0.05, 0) is 25.0 Å². The highest BCUT2D eigenvalue weighted by atomic mass is 32.1. The van der Waals surface area contributed by atoms with Gasteiger partial charge in [-0.25, -0.2) is 15.4 Å². The molecule has 0 spiro atoms. The molecule has 0 unspecified atom stereocenters. The van der Waals surface area contributed by atoms with Crippen LogP contribution < -0.4 is 14.9 Å². The molecule has 23 heavy (non-hydrogen) atoms. The zero-order valence-corrected chi connectivity index (χ0v) is 14.5. The zero-order chi connectivity index (χ0) is 16.1. The van der Waals surface area contributed by atoms with Gasteiger partial charge >= 0.3 is 0 Å². The number of methoxy groups -OCH3 is 2. The van der Waals surface area contributed by atoms with Crippen LogP contribution in [0.25, 0.3) is 10.4 Å². The molecule has 5 nitrogen and oxygen atoms in total. The van der Waals surface area contributed by atoms with Crippen molar-refractivity contribution in [3.63, 3.8) is 0 Å². The number of aromatic nitrogens is 1. The highest BCUT2D eigenvalue weighted by Crippen LogP contribution is 2.36. The summed E-state index contributed by atoms with van der Waals surface area (Å²) in [5, 5.41) is 3.39. The molecule has 1 aliphatic rings. The van der Waals surface area contributed by atoms with Gasteiger partial charge in [-0.1, -0.05) is 6.42 Å². The number of piperidine rings is 1. The topological polar surface area (TPSA) is 46.6 Å². The highest BCUT2D eigenvalue weighted by molar-refractivity contribution is 7.15. The summed E-state index contributed by atoms with van der Waals surface area (Å²) >= 11 is 1.70. The predicted molar refractivity (Wildman–Crippen MR) is 92.9 cm³/mol. The summed E-state index contributed by atoms with van der Waals surface area (Å²) in [5.41, 5.74) is 4.53. The van der Waals surface area contributed by atoms with E-state index in [4.69, 9.17) is 9.47 Å². The standard InChI is InChI=1S/C17H23N3O2S/c1-21-13-6-7-14(15(10-13)22-2)16-11-18-17(23-16)12-19-20-8-4-3-5-9-20/h6-7,10-11,19H,3-5,8-9,12H2,1-2H3. The number of ether oxygens (including phenoxy) is 2. The van der Waals surface area contributed by atoms with Crippen LogP contribution in [-0.4, -0.2) is 37.3 Å². The fourth-order valence-electron chi connectivity index (χ4n) is 2.75. The second-order valence-corrected chi connectivity index (χ2v) is 6.68. The van der Waals surface area contributed by atoms with Gasteiger partial charge < -0.3 is 9.47 Å². The third-order valence-corrected chi connectivity index (χ3v) is 5.07. The Morgan fingerprint density at radius 3 is 2.74 bits per heavy atom. The van der Waals surface area contributed by atoms with E-state index >= 15 is 0 Å². The summed E-state index contributed by atoms with van der Waals surface area (Å²) in [6.07, 6.45) is 5.82. The quantitative estimate of drug-likeness (QED) is 0.879. The molecule has 0 bridgehead atoms. The number of nitrogens with one attached hydrogen (secondary N) is 1. The van der Waals surface area contributed by atoms with Crippen molar-refractivity contribution in [1.29, 1.82) is 0 Å². The molecule has 3 rings (SSSR count). The second kappa shape index (κ2) is 7.77. The molecule has 1 fully saturated rings. The van der Waals surface area contributed by atoms with Crippen LogP contribution in [0.1, 0.15) is 24.3 Å². The smallest absolute Gasteiger partial charge is 0.131 e. The number of rotatable bonds is 6. The van der Waals surface area contributed by atoms with Crippen LogP contribution in [0.2, 0.25) is 0 Å². The Labute approximate surface area is 141 Å². The fourth-order valence-corrected chi connectivity index (χ4v) is 3.63. The Morgan fingerprint density at radius 2 is 2.00 bits per heavy atom. The van der Waals surface area contributed by atoms with Gasteiger partial charge in [-0.15, -0.1) is 11.3 Å². The molecule has 0 amide bonds. The van der Waals surface area contributed by atoms with Gasteiger partial charge in [0.2, 0.25) is 0 Å². The van der Waals surface area contributed by atoms with Crippen LogP contribution in [0.4, 0.5) is 0 Å². The second-order valence-electron chi connectivity index (χ2n) is 5.57.